The third-order valence-electron chi connectivity index (χ3n) is 14.8. The maximum atomic E-state index is 15.8. The third kappa shape index (κ3) is 7.61. The van der Waals surface area contributed by atoms with Gasteiger partial charge in [-0.1, -0.05) is 24.3 Å². The number of nitrogens with zero attached hydrogens (tertiary/aromatic N) is 5. The summed E-state index contributed by atoms with van der Waals surface area (Å²) in [6, 6.07) is 17.1. The molecule has 3 N–H and O–H groups in total. The van der Waals surface area contributed by atoms with E-state index in [0.717, 1.165) is 78.8 Å². The minimum absolute atomic E-state index is 0.00551. The van der Waals surface area contributed by atoms with E-state index in [4.69, 9.17) is 0 Å². The molecule has 2 aromatic heterocycles. The maximum absolute atomic E-state index is 15.8. The summed E-state index contributed by atoms with van der Waals surface area (Å²) in [4.78, 5) is 65.1. The van der Waals surface area contributed by atoms with E-state index in [-0.39, 0.29) is 43.3 Å². The largest absolute Gasteiger partial charge is 0.371 e. The monoisotopic (exact) mass is 920 g/mol. The number of pyridine rings is 1. The highest BCUT2D eigenvalue weighted by Crippen LogP contribution is 2.53. The smallest absolute Gasteiger partial charge is 0.301 e. The lowest BCUT2D eigenvalue weighted by atomic mass is 9.87. The van der Waals surface area contributed by atoms with Gasteiger partial charge in [0.25, 0.3) is 5.91 Å². The second-order valence-electron chi connectivity index (χ2n) is 18.6. The molecule has 1 unspecified atom stereocenters. The number of hydrogen-bond donors (Lipinski definition) is 3. The number of likely N-dealkylation sites (tertiary alicyclic amines) is 1. The van der Waals surface area contributed by atoms with Crippen LogP contribution in [0.15, 0.2) is 73.1 Å². The summed E-state index contributed by atoms with van der Waals surface area (Å²) in [6.07, 6.45) is 4.33. The van der Waals surface area contributed by atoms with E-state index in [9.17, 15) is 32.0 Å². The molecule has 5 atom stereocenters. The number of benzene rings is 3. The molecule has 14 nitrogen and oxygen atoms in total. The van der Waals surface area contributed by atoms with Gasteiger partial charge in [0, 0.05) is 85.8 Å². The summed E-state index contributed by atoms with van der Waals surface area (Å²) in [7, 11) is -4.35. The normalized spacial score (nSPS) is 24.8. The van der Waals surface area contributed by atoms with E-state index >= 15 is 8.78 Å². The molecule has 5 aliphatic heterocycles. The number of carbonyl (C=O) groups is 4. The highest BCUT2D eigenvalue weighted by atomic mass is 32.2. The molecule has 1 saturated carbocycles. The van der Waals surface area contributed by atoms with Crippen molar-refractivity contribution in [1.29, 1.82) is 0 Å². The Morgan fingerprint density at radius 3 is 2.38 bits per heavy atom. The number of carbonyl (C=O) groups excluding carboxylic acids is 4. The average molecular weight is 921 g/mol. The number of halogens is 3. The first-order valence-electron chi connectivity index (χ1n) is 22.6. The molecule has 6 aliphatic rings. The molecular formula is C48H47F3N8O6S. The first-order chi connectivity index (χ1) is 31.8. The van der Waals surface area contributed by atoms with Crippen LogP contribution in [0.2, 0.25) is 0 Å². The lowest BCUT2D eigenvalue weighted by Crippen LogP contribution is -2.52. The van der Waals surface area contributed by atoms with Crippen LogP contribution >= 0.6 is 0 Å². The first kappa shape index (κ1) is 42.5. The standard InChI is InChI=1S/C48H47F3N8O6S/c49-31-13-16-58(22-31)66(64,65)55-40-8-7-39(50)43(44(40)51)45(61)35-20-53-46-34(35)18-29(19-52-46)26-1-4-32(5-2-26)57-24-37-36(38(37)25-57)23-56-14-11-27(12-15-56)28-3-6-33-30(17-28)21-59(48(33)63)41-9-10-42(60)54-47(41)62/h1-8,17-20,27,31,36-38,41,55H,9-16,21-25H2,(H,52,53)(H,54,60,62)/t31-,36-,37-,38+,41?/m1/s1. The van der Waals surface area contributed by atoms with E-state index in [1.54, 1.807) is 17.2 Å². The van der Waals surface area contributed by atoms with Crippen LogP contribution in [0.5, 0.6) is 0 Å². The number of aromatic nitrogens is 2. The molecule has 7 heterocycles. The lowest BCUT2D eigenvalue weighted by Gasteiger charge is -2.33. The zero-order valence-corrected chi connectivity index (χ0v) is 36.6. The molecular weight excluding hydrogens is 874 g/mol. The Morgan fingerprint density at radius 1 is 0.879 bits per heavy atom. The van der Waals surface area contributed by atoms with Crippen molar-refractivity contribution in [3.05, 3.63) is 113 Å². The predicted molar refractivity (Wildman–Crippen MR) is 239 cm³/mol. The van der Waals surface area contributed by atoms with E-state index in [2.05, 4.69) is 49.4 Å². The SMILES string of the molecule is O=C1CCC(N2Cc3cc(C4CCN(C[C@@H]5[C@H]6CN(c7ccc(-c8cnc9[nH]cc(C(=O)c%10c(F)ccc(NS(=O)(=O)N%11CC[C@@H](F)C%11)c%10F)c9c8)cc7)C[C@@H]56)CC4)ccc3C2=O)C(=O)N1. The number of nitrogens with one attached hydrogen (secondary N) is 3. The lowest BCUT2D eigenvalue weighted by molar-refractivity contribution is -0.136. The number of piperidine rings is 3. The quantitative estimate of drug-likeness (QED) is 0.110. The molecule has 342 valence electrons. The Labute approximate surface area is 378 Å². The zero-order valence-electron chi connectivity index (χ0n) is 35.8. The number of hydrogen-bond acceptors (Lipinski definition) is 9. The third-order valence-corrected chi connectivity index (χ3v) is 16.3. The Bertz CT molecular complexity index is 2930. The van der Waals surface area contributed by atoms with Gasteiger partial charge in [-0.15, -0.1) is 0 Å². The summed E-state index contributed by atoms with van der Waals surface area (Å²) < 4.78 is 73.1. The van der Waals surface area contributed by atoms with E-state index < -0.39 is 57.0 Å². The number of fused-ring (bicyclic) bond motifs is 3. The van der Waals surface area contributed by atoms with Crippen molar-refractivity contribution in [2.24, 2.45) is 17.8 Å². The maximum Gasteiger partial charge on any atom is 0.301 e. The van der Waals surface area contributed by atoms with E-state index in [0.29, 0.717) is 58.8 Å². The van der Waals surface area contributed by atoms with Gasteiger partial charge in [-0.25, -0.2) is 18.2 Å². The summed E-state index contributed by atoms with van der Waals surface area (Å²) in [5, 5.41) is 2.71. The fourth-order valence-electron chi connectivity index (χ4n) is 11.0. The molecule has 0 bridgehead atoms. The number of anilines is 2. The number of ketones is 1. The summed E-state index contributed by atoms with van der Waals surface area (Å²) in [5.41, 5.74) is 4.23. The number of rotatable bonds is 11. The number of H-pyrrole nitrogens is 1. The second kappa shape index (κ2) is 16.3. The van der Waals surface area contributed by atoms with Crippen molar-refractivity contribution < 1.29 is 40.8 Å². The van der Waals surface area contributed by atoms with Gasteiger partial charge in [0.2, 0.25) is 17.6 Å². The highest BCUT2D eigenvalue weighted by Gasteiger charge is 2.56. The first-order valence-corrected chi connectivity index (χ1v) is 24.0. The van der Waals surface area contributed by atoms with Gasteiger partial charge >= 0.3 is 10.2 Å². The summed E-state index contributed by atoms with van der Waals surface area (Å²) in [5.74, 6) is -2.00. The summed E-state index contributed by atoms with van der Waals surface area (Å²) in [6.45, 7) is 5.04. The van der Waals surface area contributed by atoms with Crippen molar-refractivity contribution in [2.45, 2.75) is 56.8 Å². The van der Waals surface area contributed by atoms with Gasteiger partial charge in [-0.05, 0) is 116 Å². The fraction of sp³-hybridized carbons (Fsp3) is 0.396. The minimum atomic E-state index is -4.35. The fourth-order valence-corrected chi connectivity index (χ4v) is 12.3. The van der Waals surface area contributed by atoms with Crippen LogP contribution in [0.3, 0.4) is 0 Å². The minimum Gasteiger partial charge on any atom is -0.371 e. The summed E-state index contributed by atoms with van der Waals surface area (Å²) >= 11 is 0. The van der Waals surface area contributed by atoms with Gasteiger partial charge < -0.3 is 19.7 Å². The van der Waals surface area contributed by atoms with E-state index in [1.807, 2.05) is 22.9 Å². The topological polar surface area (TPSA) is 168 Å². The van der Waals surface area contributed by atoms with Crippen LogP contribution in [0.4, 0.5) is 24.5 Å². The Kier molecular flexibility index (Phi) is 10.5. The van der Waals surface area contributed by atoms with Crippen LogP contribution in [-0.2, 0) is 26.3 Å². The van der Waals surface area contributed by atoms with Crippen molar-refractivity contribution in [3.8, 4) is 11.1 Å². The number of alkyl halides is 1. The molecule has 3 amide bonds. The van der Waals surface area contributed by atoms with Crippen molar-refractivity contribution in [3.63, 3.8) is 0 Å². The van der Waals surface area contributed by atoms with Gasteiger partial charge in [0.05, 0.1) is 11.3 Å². The molecule has 1 aliphatic carbocycles. The molecule has 5 aromatic rings. The van der Waals surface area contributed by atoms with Gasteiger partial charge in [-0.2, -0.15) is 12.7 Å². The second-order valence-corrected chi connectivity index (χ2v) is 20.3. The highest BCUT2D eigenvalue weighted by molar-refractivity contribution is 7.90. The Balaban J connectivity index is 0.689. The van der Waals surface area contributed by atoms with Crippen LogP contribution in [0, 0.1) is 29.4 Å². The van der Waals surface area contributed by atoms with Crippen LogP contribution < -0.4 is 14.9 Å². The van der Waals surface area contributed by atoms with Crippen LogP contribution in [-0.4, -0.2) is 114 Å². The molecule has 3 aromatic carbocycles. The molecule has 66 heavy (non-hydrogen) atoms. The Hall–Kier alpha value is -6.11. The molecule has 0 spiro atoms. The average Bonchev–Trinajstić information content (AvgIpc) is 3.88. The van der Waals surface area contributed by atoms with Crippen LogP contribution in [0.25, 0.3) is 22.2 Å². The zero-order chi connectivity index (χ0) is 45.6. The predicted octanol–water partition coefficient (Wildman–Crippen LogP) is 5.76. The van der Waals surface area contributed by atoms with Gasteiger partial charge in [-0.3, -0.25) is 29.2 Å². The number of aromatic amines is 1. The number of amides is 3. The van der Waals surface area contributed by atoms with Crippen LogP contribution in [0.1, 0.15) is 75.4 Å². The van der Waals surface area contributed by atoms with Gasteiger partial charge in [0.1, 0.15) is 23.7 Å². The van der Waals surface area contributed by atoms with Crippen molar-refractivity contribution in [2.75, 3.05) is 55.4 Å². The molecule has 5 fully saturated rings. The molecule has 11 rings (SSSR count). The Morgan fingerprint density at radius 2 is 1.65 bits per heavy atom. The molecule has 18 heteroatoms. The molecule has 4 saturated heterocycles. The number of imide groups is 1. The van der Waals surface area contributed by atoms with Gasteiger partial charge in [0.15, 0.2) is 5.82 Å². The van der Waals surface area contributed by atoms with E-state index in [1.165, 1.54) is 11.8 Å². The van der Waals surface area contributed by atoms with Crippen molar-refractivity contribution in [1.82, 2.24) is 29.4 Å². The van der Waals surface area contributed by atoms with Crippen molar-refractivity contribution >= 4 is 56.1 Å². The molecule has 0 radical (unpaired) electrons.